The number of hydrogen-bond acceptors (Lipinski definition) is 4. The summed E-state index contributed by atoms with van der Waals surface area (Å²) in [6, 6.07) is 7.94. The minimum atomic E-state index is -2.96. The molecule has 2 N–H and O–H groups in total. The van der Waals surface area contributed by atoms with Gasteiger partial charge in [0.05, 0.1) is 5.75 Å². The van der Waals surface area contributed by atoms with Crippen molar-refractivity contribution in [3.05, 3.63) is 35.6 Å². The number of fused-ring (bicyclic) bond motifs is 1. The number of para-hydroxylation sites is 1. The van der Waals surface area contributed by atoms with E-state index >= 15 is 0 Å². The number of rotatable bonds is 7. The number of hydrogen-bond donors (Lipinski definition) is 2. The summed E-state index contributed by atoms with van der Waals surface area (Å²) in [6.07, 6.45) is 1.79. The van der Waals surface area contributed by atoms with Crippen LogP contribution in [0.5, 0.6) is 0 Å². The van der Waals surface area contributed by atoms with E-state index in [4.69, 9.17) is 4.42 Å². The van der Waals surface area contributed by atoms with Crippen LogP contribution >= 0.6 is 0 Å². The molecule has 0 radical (unpaired) electrons. The normalized spacial score (nSPS) is 13.8. The Morgan fingerprint density at radius 3 is 2.68 bits per heavy atom. The van der Waals surface area contributed by atoms with Crippen LogP contribution in [-0.4, -0.2) is 39.0 Å². The summed E-state index contributed by atoms with van der Waals surface area (Å²) >= 11 is 0. The molecule has 25 heavy (non-hydrogen) atoms. The fourth-order valence-corrected chi connectivity index (χ4v) is 3.32. The van der Waals surface area contributed by atoms with Crippen molar-refractivity contribution in [3.8, 4) is 0 Å². The van der Waals surface area contributed by atoms with E-state index in [2.05, 4.69) is 15.6 Å². The molecule has 0 saturated heterocycles. The van der Waals surface area contributed by atoms with Gasteiger partial charge in [-0.15, -0.1) is 0 Å². The van der Waals surface area contributed by atoms with Gasteiger partial charge >= 0.3 is 0 Å². The van der Waals surface area contributed by atoms with Crippen LogP contribution in [0.4, 0.5) is 0 Å². The third kappa shape index (κ3) is 5.77. The summed E-state index contributed by atoms with van der Waals surface area (Å²) < 4.78 is 28.5. The molecule has 0 amide bonds. The Bertz CT molecular complexity index is 840. The molecule has 0 fully saturated rings. The molecule has 0 bridgehead atoms. The second kappa shape index (κ2) is 8.38. The standard InChI is InChI=1S/C18H27N3O3S/c1-5-19-18(21-13(2)10-11-25(4,22)23)20-12-17-14(3)15-8-6-7-9-16(15)24-17/h6-9,13H,5,10-12H2,1-4H3,(H2,19,20,21). The SMILES string of the molecule is CCNC(=NCc1oc2ccccc2c1C)NC(C)CCS(C)(=O)=O. The highest BCUT2D eigenvalue weighted by atomic mass is 32.2. The second-order valence-electron chi connectivity index (χ2n) is 6.31. The van der Waals surface area contributed by atoms with Gasteiger partial charge in [0, 0.05) is 29.8 Å². The Morgan fingerprint density at radius 1 is 1.32 bits per heavy atom. The monoisotopic (exact) mass is 365 g/mol. The van der Waals surface area contributed by atoms with Crippen molar-refractivity contribution in [2.24, 2.45) is 4.99 Å². The van der Waals surface area contributed by atoms with Gasteiger partial charge in [-0.05, 0) is 33.3 Å². The van der Waals surface area contributed by atoms with Gasteiger partial charge in [-0.25, -0.2) is 13.4 Å². The molecule has 2 rings (SSSR count). The molecule has 1 atom stereocenters. The molecule has 1 aromatic heterocycles. The third-order valence-corrected chi connectivity index (χ3v) is 4.95. The van der Waals surface area contributed by atoms with E-state index in [0.29, 0.717) is 18.9 Å². The lowest BCUT2D eigenvalue weighted by atomic mass is 10.1. The second-order valence-corrected chi connectivity index (χ2v) is 8.57. The summed E-state index contributed by atoms with van der Waals surface area (Å²) in [5, 5.41) is 7.53. The van der Waals surface area contributed by atoms with Crippen LogP contribution in [0.1, 0.15) is 31.6 Å². The smallest absolute Gasteiger partial charge is 0.191 e. The summed E-state index contributed by atoms with van der Waals surface area (Å²) in [5.74, 6) is 1.65. The number of furan rings is 1. The van der Waals surface area contributed by atoms with Crippen molar-refractivity contribution < 1.29 is 12.8 Å². The topological polar surface area (TPSA) is 83.7 Å². The first-order valence-corrected chi connectivity index (χ1v) is 10.6. The number of sulfone groups is 1. The molecule has 6 nitrogen and oxygen atoms in total. The molecule has 7 heteroatoms. The lowest BCUT2D eigenvalue weighted by molar-refractivity contribution is 0.546. The van der Waals surface area contributed by atoms with Crippen LogP contribution in [0.15, 0.2) is 33.7 Å². The minimum Gasteiger partial charge on any atom is -0.459 e. The fourth-order valence-electron chi connectivity index (χ4n) is 2.54. The average Bonchev–Trinajstić information content (AvgIpc) is 2.87. The van der Waals surface area contributed by atoms with Crippen molar-refractivity contribution in [3.63, 3.8) is 0 Å². The van der Waals surface area contributed by atoms with E-state index in [1.54, 1.807) is 0 Å². The molecule has 0 aliphatic heterocycles. The Morgan fingerprint density at radius 2 is 2.04 bits per heavy atom. The van der Waals surface area contributed by atoms with E-state index in [-0.39, 0.29) is 11.8 Å². The van der Waals surface area contributed by atoms with Crippen LogP contribution in [0.2, 0.25) is 0 Å². The van der Waals surface area contributed by atoms with E-state index < -0.39 is 9.84 Å². The molecule has 0 aliphatic rings. The maximum atomic E-state index is 11.3. The van der Waals surface area contributed by atoms with E-state index in [1.165, 1.54) is 6.26 Å². The van der Waals surface area contributed by atoms with Gasteiger partial charge in [-0.2, -0.15) is 0 Å². The maximum Gasteiger partial charge on any atom is 0.191 e. The quantitative estimate of drug-likeness (QED) is 0.582. The number of nitrogens with zero attached hydrogens (tertiary/aromatic N) is 1. The Hall–Kier alpha value is -2.02. The van der Waals surface area contributed by atoms with Crippen LogP contribution < -0.4 is 10.6 Å². The van der Waals surface area contributed by atoms with Crippen molar-refractivity contribution >= 4 is 26.8 Å². The summed E-state index contributed by atoms with van der Waals surface area (Å²) in [4.78, 5) is 4.58. The highest BCUT2D eigenvalue weighted by molar-refractivity contribution is 7.90. The highest BCUT2D eigenvalue weighted by Crippen LogP contribution is 2.25. The maximum absolute atomic E-state index is 11.3. The lowest BCUT2D eigenvalue weighted by Gasteiger charge is -2.17. The van der Waals surface area contributed by atoms with E-state index in [0.717, 1.165) is 28.8 Å². The van der Waals surface area contributed by atoms with Gasteiger partial charge < -0.3 is 15.1 Å². The number of aliphatic imine (C=N–C) groups is 1. The third-order valence-electron chi connectivity index (χ3n) is 3.97. The molecule has 1 unspecified atom stereocenters. The largest absolute Gasteiger partial charge is 0.459 e. The molecule has 0 saturated carbocycles. The van der Waals surface area contributed by atoms with Crippen molar-refractivity contribution in [2.75, 3.05) is 18.6 Å². The van der Waals surface area contributed by atoms with Gasteiger partial charge in [0.25, 0.3) is 0 Å². The minimum absolute atomic E-state index is 0.00398. The summed E-state index contributed by atoms with van der Waals surface area (Å²) in [7, 11) is -2.96. The highest BCUT2D eigenvalue weighted by Gasteiger charge is 2.12. The number of aryl methyl sites for hydroxylation is 1. The molecular weight excluding hydrogens is 338 g/mol. The summed E-state index contributed by atoms with van der Waals surface area (Å²) in [6.45, 7) is 7.12. The molecule has 1 aromatic carbocycles. The van der Waals surface area contributed by atoms with Crippen LogP contribution in [-0.2, 0) is 16.4 Å². The predicted molar refractivity (Wildman–Crippen MR) is 103 cm³/mol. The van der Waals surface area contributed by atoms with Crippen molar-refractivity contribution in [2.45, 2.75) is 39.8 Å². The first-order valence-electron chi connectivity index (χ1n) is 8.49. The molecule has 0 aliphatic carbocycles. The van der Waals surface area contributed by atoms with Gasteiger partial charge in [0.1, 0.15) is 27.7 Å². The molecule has 2 aromatic rings. The van der Waals surface area contributed by atoms with Gasteiger partial charge in [0.2, 0.25) is 0 Å². The van der Waals surface area contributed by atoms with E-state index in [1.807, 2.05) is 45.0 Å². The van der Waals surface area contributed by atoms with Crippen molar-refractivity contribution in [1.82, 2.24) is 10.6 Å². The zero-order valence-corrected chi connectivity index (χ0v) is 16.1. The number of nitrogens with one attached hydrogen (secondary N) is 2. The van der Waals surface area contributed by atoms with Crippen LogP contribution in [0.3, 0.4) is 0 Å². The zero-order chi connectivity index (χ0) is 18.4. The zero-order valence-electron chi connectivity index (χ0n) is 15.3. The Labute approximate surface area is 149 Å². The molecule has 1 heterocycles. The van der Waals surface area contributed by atoms with E-state index in [9.17, 15) is 8.42 Å². The van der Waals surface area contributed by atoms with Crippen LogP contribution in [0, 0.1) is 6.92 Å². The van der Waals surface area contributed by atoms with Gasteiger partial charge in [-0.1, -0.05) is 18.2 Å². The average molecular weight is 365 g/mol. The molecule has 138 valence electrons. The van der Waals surface area contributed by atoms with Crippen LogP contribution in [0.25, 0.3) is 11.0 Å². The van der Waals surface area contributed by atoms with Gasteiger partial charge in [-0.3, -0.25) is 0 Å². The van der Waals surface area contributed by atoms with Gasteiger partial charge in [0.15, 0.2) is 5.96 Å². The number of benzene rings is 1. The lowest BCUT2D eigenvalue weighted by Crippen LogP contribution is -2.42. The number of guanidine groups is 1. The first-order chi connectivity index (χ1) is 11.8. The van der Waals surface area contributed by atoms with Crippen molar-refractivity contribution in [1.29, 1.82) is 0 Å². The predicted octanol–water partition coefficient (Wildman–Crippen LogP) is 2.62. The fraction of sp³-hybridized carbons (Fsp3) is 0.500. The molecular formula is C18H27N3O3S. The summed E-state index contributed by atoms with van der Waals surface area (Å²) in [5.41, 5.74) is 1.96. The Balaban J connectivity index is 2.06. The molecule has 0 spiro atoms. The Kier molecular flexibility index (Phi) is 6.47. The first kappa shape index (κ1) is 19.3.